The smallest absolute Gasteiger partial charge is 0.215 e. The van der Waals surface area contributed by atoms with Gasteiger partial charge in [-0.05, 0) is 43.5 Å². The molecule has 0 unspecified atom stereocenters. The Morgan fingerprint density at radius 1 is 0.909 bits per heavy atom. The van der Waals surface area contributed by atoms with E-state index in [1.165, 1.54) is 33.5 Å². The van der Waals surface area contributed by atoms with Crippen molar-refractivity contribution in [3.05, 3.63) is 71.7 Å². The first-order valence-corrected chi connectivity index (χ1v) is 7.56. The van der Waals surface area contributed by atoms with Crippen LogP contribution < -0.4 is 4.57 Å². The van der Waals surface area contributed by atoms with Gasteiger partial charge in [-0.3, -0.25) is 4.98 Å². The lowest BCUT2D eigenvalue weighted by molar-refractivity contribution is -0.660. The SMILES string of the molecule is Cc1c[n+](C)c(-c2c(C)ccnc2C)cc1-c1ccccc1. The van der Waals surface area contributed by atoms with Crippen LogP contribution in [0, 0.1) is 20.8 Å². The topological polar surface area (TPSA) is 16.8 Å². The molecule has 0 fully saturated rings. The Hall–Kier alpha value is -2.48. The van der Waals surface area contributed by atoms with Crippen LogP contribution in [0.5, 0.6) is 0 Å². The average molecular weight is 289 g/mol. The minimum Gasteiger partial charge on any atom is -0.261 e. The van der Waals surface area contributed by atoms with Crippen molar-refractivity contribution in [2.24, 2.45) is 7.05 Å². The zero-order valence-electron chi connectivity index (χ0n) is 13.6. The Morgan fingerprint density at radius 2 is 1.64 bits per heavy atom. The fraction of sp³-hybridized carbons (Fsp3) is 0.200. The van der Waals surface area contributed by atoms with Crippen molar-refractivity contribution in [2.75, 3.05) is 0 Å². The highest BCUT2D eigenvalue weighted by Gasteiger charge is 2.18. The van der Waals surface area contributed by atoms with Gasteiger partial charge >= 0.3 is 0 Å². The highest BCUT2D eigenvalue weighted by atomic mass is 14.9. The van der Waals surface area contributed by atoms with E-state index in [4.69, 9.17) is 0 Å². The van der Waals surface area contributed by atoms with Gasteiger partial charge in [-0.15, -0.1) is 0 Å². The van der Waals surface area contributed by atoms with Crippen molar-refractivity contribution in [1.82, 2.24) is 4.98 Å². The van der Waals surface area contributed by atoms with Gasteiger partial charge in [-0.1, -0.05) is 30.3 Å². The molecule has 2 nitrogen and oxygen atoms in total. The molecule has 1 aromatic carbocycles. The van der Waals surface area contributed by atoms with Crippen LogP contribution in [0.2, 0.25) is 0 Å². The molecule has 0 spiro atoms. The largest absolute Gasteiger partial charge is 0.261 e. The quantitative estimate of drug-likeness (QED) is 0.647. The molecule has 0 saturated carbocycles. The lowest BCUT2D eigenvalue weighted by Crippen LogP contribution is -2.31. The first-order valence-electron chi connectivity index (χ1n) is 7.56. The molecular formula is C20H21N2+. The summed E-state index contributed by atoms with van der Waals surface area (Å²) >= 11 is 0. The summed E-state index contributed by atoms with van der Waals surface area (Å²) in [5.74, 6) is 0. The van der Waals surface area contributed by atoms with E-state index in [-0.39, 0.29) is 0 Å². The van der Waals surface area contributed by atoms with Crippen LogP contribution in [0.3, 0.4) is 0 Å². The van der Waals surface area contributed by atoms with Gasteiger partial charge in [0.2, 0.25) is 5.69 Å². The summed E-state index contributed by atoms with van der Waals surface area (Å²) in [6.07, 6.45) is 4.07. The van der Waals surface area contributed by atoms with Crippen molar-refractivity contribution >= 4 is 0 Å². The van der Waals surface area contributed by atoms with Gasteiger partial charge in [-0.25, -0.2) is 4.57 Å². The number of aromatic nitrogens is 2. The first kappa shape index (κ1) is 14.5. The van der Waals surface area contributed by atoms with E-state index in [1.807, 2.05) is 6.20 Å². The van der Waals surface area contributed by atoms with Crippen LogP contribution in [-0.2, 0) is 7.05 Å². The van der Waals surface area contributed by atoms with Crippen LogP contribution in [0.25, 0.3) is 22.4 Å². The number of rotatable bonds is 2. The first-order chi connectivity index (χ1) is 10.6. The molecule has 0 saturated heterocycles. The molecule has 110 valence electrons. The molecule has 2 aromatic heterocycles. The van der Waals surface area contributed by atoms with Gasteiger partial charge in [0.05, 0.1) is 11.3 Å². The molecule has 3 rings (SSSR count). The van der Waals surface area contributed by atoms with Gasteiger partial charge < -0.3 is 0 Å². The minimum absolute atomic E-state index is 1.07. The molecule has 0 aliphatic carbocycles. The van der Waals surface area contributed by atoms with E-state index >= 15 is 0 Å². The Kier molecular flexibility index (Phi) is 3.76. The van der Waals surface area contributed by atoms with E-state index < -0.39 is 0 Å². The van der Waals surface area contributed by atoms with Crippen LogP contribution in [0.15, 0.2) is 54.9 Å². The summed E-state index contributed by atoms with van der Waals surface area (Å²) < 4.78 is 2.19. The summed E-state index contributed by atoms with van der Waals surface area (Å²) in [5, 5.41) is 0. The second-order valence-electron chi connectivity index (χ2n) is 5.82. The van der Waals surface area contributed by atoms with Crippen molar-refractivity contribution in [3.8, 4) is 22.4 Å². The molecule has 0 N–H and O–H groups in total. The Morgan fingerprint density at radius 3 is 2.32 bits per heavy atom. The number of aryl methyl sites for hydroxylation is 4. The van der Waals surface area contributed by atoms with Crippen LogP contribution in [-0.4, -0.2) is 4.98 Å². The number of pyridine rings is 2. The predicted octanol–water partition coefficient (Wildman–Crippen LogP) is 4.17. The number of benzene rings is 1. The molecule has 2 heteroatoms. The summed E-state index contributed by atoms with van der Waals surface area (Å²) in [6, 6.07) is 14.9. The Bertz CT molecular complexity index is 800. The lowest BCUT2D eigenvalue weighted by atomic mass is 9.97. The van der Waals surface area contributed by atoms with E-state index in [9.17, 15) is 0 Å². The van der Waals surface area contributed by atoms with Crippen molar-refractivity contribution < 1.29 is 4.57 Å². The Labute approximate surface area is 132 Å². The third-order valence-electron chi connectivity index (χ3n) is 4.16. The van der Waals surface area contributed by atoms with Gasteiger partial charge in [0.25, 0.3) is 0 Å². The van der Waals surface area contributed by atoms with Crippen LogP contribution in [0.4, 0.5) is 0 Å². The number of nitrogens with zero attached hydrogens (tertiary/aromatic N) is 2. The van der Waals surface area contributed by atoms with E-state index in [2.05, 4.69) is 86.0 Å². The predicted molar refractivity (Wildman–Crippen MR) is 90.5 cm³/mol. The summed E-state index contributed by atoms with van der Waals surface area (Å²) in [5.41, 5.74) is 8.55. The molecule has 3 aromatic rings. The van der Waals surface area contributed by atoms with Crippen molar-refractivity contribution in [3.63, 3.8) is 0 Å². The van der Waals surface area contributed by atoms with E-state index in [1.54, 1.807) is 0 Å². The number of hydrogen-bond donors (Lipinski definition) is 0. The fourth-order valence-corrected chi connectivity index (χ4v) is 3.04. The zero-order valence-corrected chi connectivity index (χ0v) is 13.6. The summed E-state index contributed by atoms with van der Waals surface area (Å²) in [4.78, 5) is 4.47. The average Bonchev–Trinajstić information content (AvgIpc) is 2.50. The molecule has 0 bridgehead atoms. The standard InChI is InChI=1S/C20H21N2/c1-14-10-11-21-16(3)20(14)19-12-18(15(2)13-22(19)4)17-8-6-5-7-9-17/h5-13H,1-4H3/q+1. The highest BCUT2D eigenvalue weighted by molar-refractivity contribution is 5.73. The fourth-order valence-electron chi connectivity index (χ4n) is 3.04. The van der Waals surface area contributed by atoms with E-state index in [0.717, 1.165) is 5.69 Å². The minimum atomic E-state index is 1.07. The highest BCUT2D eigenvalue weighted by Crippen LogP contribution is 2.29. The second-order valence-corrected chi connectivity index (χ2v) is 5.82. The maximum Gasteiger partial charge on any atom is 0.215 e. The third-order valence-corrected chi connectivity index (χ3v) is 4.16. The molecule has 0 atom stereocenters. The second kappa shape index (κ2) is 5.72. The maximum absolute atomic E-state index is 4.47. The molecule has 0 aliphatic rings. The molecule has 0 amide bonds. The van der Waals surface area contributed by atoms with Gasteiger partial charge in [0, 0.05) is 17.8 Å². The molecule has 0 aliphatic heterocycles. The summed E-state index contributed by atoms with van der Waals surface area (Å²) in [6.45, 7) is 6.38. The van der Waals surface area contributed by atoms with Crippen LogP contribution >= 0.6 is 0 Å². The van der Waals surface area contributed by atoms with Crippen molar-refractivity contribution in [2.45, 2.75) is 20.8 Å². The summed E-state index contributed by atoms with van der Waals surface area (Å²) in [7, 11) is 2.10. The van der Waals surface area contributed by atoms with Crippen molar-refractivity contribution in [1.29, 1.82) is 0 Å². The Balaban J connectivity index is 2.26. The molecular weight excluding hydrogens is 268 g/mol. The molecule has 22 heavy (non-hydrogen) atoms. The van der Waals surface area contributed by atoms with Crippen LogP contribution in [0.1, 0.15) is 16.8 Å². The molecule has 2 heterocycles. The third kappa shape index (κ3) is 2.52. The normalized spacial score (nSPS) is 10.7. The van der Waals surface area contributed by atoms with E-state index in [0.29, 0.717) is 0 Å². The monoisotopic (exact) mass is 289 g/mol. The zero-order chi connectivity index (χ0) is 15.7. The van der Waals surface area contributed by atoms with Gasteiger partial charge in [0.15, 0.2) is 6.20 Å². The maximum atomic E-state index is 4.47. The van der Waals surface area contributed by atoms with Gasteiger partial charge in [0.1, 0.15) is 7.05 Å². The molecule has 0 radical (unpaired) electrons. The number of hydrogen-bond acceptors (Lipinski definition) is 1. The lowest BCUT2D eigenvalue weighted by Gasteiger charge is -2.11. The van der Waals surface area contributed by atoms with Gasteiger partial charge in [-0.2, -0.15) is 0 Å².